The van der Waals surface area contributed by atoms with Gasteiger partial charge in [-0.25, -0.2) is 4.79 Å². The Bertz CT molecular complexity index is 1050. The number of nitrogens with zero attached hydrogens (tertiary/aromatic N) is 2. The van der Waals surface area contributed by atoms with Crippen LogP contribution >= 0.6 is 0 Å². The minimum absolute atomic E-state index is 0.166. The van der Waals surface area contributed by atoms with Crippen molar-refractivity contribution >= 4 is 28.9 Å². The van der Waals surface area contributed by atoms with Gasteiger partial charge in [0.05, 0.1) is 17.1 Å². The van der Waals surface area contributed by atoms with Gasteiger partial charge in [-0.2, -0.15) is 0 Å². The SMILES string of the molecule is CNC(=O)CCC(C=O)n1c(=O)n(C)c2cc(-c3ccc(N)cc3)ccc21. The van der Waals surface area contributed by atoms with Crippen LogP contribution in [-0.2, 0) is 16.6 Å². The normalized spacial score (nSPS) is 12.1. The third-order valence-corrected chi connectivity index (χ3v) is 4.77. The van der Waals surface area contributed by atoms with Crippen LogP contribution in [-0.4, -0.2) is 28.4 Å². The molecule has 2 aromatic carbocycles. The Morgan fingerprint density at radius 2 is 1.81 bits per heavy atom. The fourth-order valence-electron chi connectivity index (χ4n) is 3.20. The predicted molar refractivity (Wildman–Crippen MR) is 105 cm³/mol. The maximum atomic E-state index is 12.7. The Morgan fingerprint density at radius 3 is 2.44 bits per heavy atom. The van der Waals surface area contributed by atoms with Crippen molar-refractivity contribution in [3.05, 3.63) is 52.9 Å². The molecule has 1 atom stereocenters. The third kappa shape index (κ3) is 3.48. The van der Waals surface area contributed by atoms with Crippen molar-refractivity contribution in [2.24, 2.45) is 7.05 Å². The second-order valence-corrected chi connectivity index (χ2v) is 6.45. The lowest BCUT2D eigenvalue weighted by molar-refractivity contribution is -0.121. The van der Waals surface area contributed by atoms with E-state index >= 15 is 0 Å². The van der Waals surface area contributed by atoms with Gasteiger partial charge in [-0.15, -0.1) is 0 Å². The molecule has 7 heteroatoms. The van der Waals surface area contributed by atoms with E-state index in [9.17, 15) is 14.4 Å². The molecule has 140 valence electrons. The highest BCUT2D eigenvalue weighted by atomic mass is 16.2. The molecule has 1 aromatic heterocycles. The summed E-state index contributed by atoms with van der Waals surface area (Å²) in [5, 5.41) is 2.53. The number of anilines is 1. The predicted octanol–water partition coefficient (Wildman–Crippen LogP) is 1.86. The van der Waals surface area contributed by atoms with Crippen molar-refractivity contribution < 1.29 is 9.59 Å². The van der Waals surface area contributed by atoms with Gasteiger partial charge in [-0.3, -0.25) is 13.9 Å². The van der Waals surface area contributed by atoms with Crippen LogP contribution in [0.5, 0.6) is 0 Å². The zero-order valence-electron chi connectivity index (χ0n) is 15.3. The number of aryl methyl sites for hydroxylation is 1. The second-order valence-electron chi connectivity index (χ2n) is 6.45. The molecule has 1 unspecified atom stereocenters. The molecule has 3 rings (SSSR count). The molecule has 1 amide bonds. The molecule has 7 nitrogen and oxygen atoms in total. The molecular weight excluding hydrogens is 344 g/mol. The highest BCUT2D eigenvalue weighted by Gasteiger charge is 2.20. The number of hydrogen-bond acceptors (Lipinski definition) is 4. The Hall–Kier alpha value is -3.35. The van der Waals surface area contributed by atoms with Gasteiger partial charge in [-0.05, 0) is 41.8 Å². The molecule has 0 bridgehead atoms. The summed E-state index contributed by atoms with van der Waals surface area (Å²) in [5.74, 6) is -0.166. The Kier molecular flexibility index (Phi) is 5.12. The second kappa shape index (κ2) is 7.49. The van der Waals surface area contributed by atoms with E-state index in [1.807, 2.05) is 42.5 Å². The number of imidazole rings is 1. The summed E-state index contributed by atoms with van der Waals surface area (Å²) in [6.07, 6.45) is 1.16. The van der Waals surface area contributed by atoms with E-state index < -0.39 is 6.04 Å². The van der Waals surface area contributed by atoms with Crippen LogP contribution in [0.2, 0.25) is 0 Å². The minimum atomic E-state index is -0.694. The fraction of sp³-hybridized carbons (Fsp3) is 0.250. The first-order valence-corrected chi connectivity index (χ1v) is 8.69. The fourth-order valence-corrected chi connectivity index (χ4v) is 3.20. The first-order chi connectivity index (χ1) is 13.0. The molecule has 0 saturated heterocycles. The molecule has 0 aliphatic carbocycles. The maximum absolute atomic E-state index is 12.7. The number of rotatable bonds is 6. The minimum Gasteiger partial charge on any atom is -0.399 e. The molecule has 3 N–H and O–H groups in total. The van der Waals surface area contributed by atoms with E-state index in [-0.39, 0.29) is 24.4 Å². The van der Waals surface area contributed by atoms with Crippen LogP contribution in [0.3, 0.4) is 0 Å². The van der Waals surface area contributed by atoms with Crippen molar-refractivity contribution in [1.82, 2.24) is 14.5 Å². The molecule has 3 aromatic rings. The Labute approximate surface area is 156 Å². The van der Waals surface area contributed by atoms with Crippen molar-refractivity contribution in [1.29, 1.82) is 0 Å². The first kappa shape index (κ1) is 18.4. The van der Waals surface area contributed by atoms with Crippen molar-refractivity contribution in [2.45, 2.75) is 18.9 Å². The number of nitrogen functional groups attached to an aromatic ring is 1. The van der Waals surface area contributed by atoms with Gasteiger partial charge < -0.3 is 15.8 Å². The van der Waals surface area contributed by atoms with Crippen molar-refractivity contribution in [3.63, 3.8) is 0 Å². The summed E-state index contributed by atoms with van der Waals surface area (Å²) in [6.45, 7) is 0. The van der Waals surface area contributed by atoms with Crippen LogP contribution in [0.15, 0.2) is 47.3 Å². The summed E-state index contributed by atoms with van der Waals surface area (Å²) in [6, 6.07) is 12.5. The van der Waals surface area contributed by atoms with Gasteiger partial charge in [0, 0.05) is 26.2 Å². The number of fused-ring (bicyclic) bond motifs is 1. The van der Waals surface area contributed by atoms with Gasteiger partial charge in [0.1, 0.15) is 6.29 Å². The first-order valence-electron chi connectivity index (χ1n) is 8.69. The van der Waals surface area contributed by atoms with Crippen LogP contribution in [0.4, 0.5) is 5.69 Å². The standard InChI is InChI=1S/C20H22N4O3/c1-22-19(26)10-8-16(12-25)24-17-9-5-14(11-18(17)23(2)20(24)27)13-3-6-15(21)7-4-13/h3-7,9,11-12,16H,8,10,21H2,1-2H3,(H,22,26). The number of amides is 1. The molecule has 0 aliphatic heterocycles. The molecule has 0 radical (unpaired) electrons. The molecular formula is C20H22N4O3. The summed E-state index contributed by atoms with van der Waals surface area (Å²) in [7, 11) is 3.22. The highest BCUT2D eigenvalue weighted by Crippen LogP contribution is 2.26. The maximum Gasteiger partial charge on any atom is 0.329 e. The molecule has 1 heterocycles. The number of hydrogen-bond donors (Lipinski definition) is 2. The molecule has 0 spiro atoms. The van der Waals surface area contributed by atoms with E-state index in [1.54, 1.807) is 14.1 Å². The number of benzene rings is 2. The monoisotopic (exact) mass is 366 g/mol. The number of carbonyl (C=O) groups excluding carboxylic acids is 2. The van der Waals surface area contributed by atoms with E-state index in [0.29, 0.717) is 11.2 Å². The molecule has 0 aliphatic rings. The van der Waals surface area contributed by atoms with Crippen LogP contribution in [0.1, 0.15) is 18.9 Å². The third-order valence-electron chi connectivity index (χ3n) is 4.77. The quantitative estimate of drug-likeness (QED) is 0.514. The van der Waals surface area contributed by atoms with Gasteiger partial charge in [0.15, 0.2) is 0 Å². The number of nitrogens with two attached hydrogens (primary N) is 1. The summed E-state index contributed by atoms with van der Waals surface area (Å²) < 4.78 is 2.98. The van der Waals surface area contributed by atoms with E-state index in [4.69, 9.17) is 5.73 Å². The number of carbonyl (C=O) groups is 2. The summed E-state index contributed by atoms with van der Waals surface area (Å²) in [4.78, 5) is 35.9. The van der Waals surface area contributed by atoms with Crippen LogP contribution in [0.25, 0.3) is 22.2 Å². The van der Waals surface area contributed by atoms with Crippen molar-refractivity contribution in [2.75, 3.05) is 12.8 Å². The van der Waals surface area contributed by atoms with E-state index in [2.05, 4.69) is 5.32 Å². The average molecular weight is 366 g/mol. The topological polar surface area (TPSA) is 99.1 Å². The van der Waals surface area contributed by atoms with Crippen LogP contribution in [0, 0.1) is 0 Å². The Morgan fingerprint density at radius 1 is 1.15 bits per heavy atom. The summed E-state index contributed by atoms with van der Waals surface area (Å²) >= 11 is 0. The molecule has 0 saturated carbocycles. The lowest BCUT2D eigenvalue weighted by atomic mass is 10.0. The number of nitrogens with one attached hydrogen (secondary N) is 1. The Balaban J connectivity index is 2.06. The van der Waals surface area contributed by atoms with Crippen molar-refractivity contribution in [3.8, 4) is 11.1 Å². The van der Waals surface area contributed by atoms with Gasteiger partial charge >= 0.3 is 5.69 Å². The molecule has 0 fully saturated rings. The zero-order chi connectivity index (χ0) is 19.6. The van der Waals surface area contributed by atoms with E-state index in [1.165, 1.54) is 9.13 Å². The lowest BCUT2D eigenvalue weighted by Gasteiger charge is -2.12. The van der Waals surface area contributed by atoms with Gasteiger partial charge in [0.25, 0.3) is 0 Å². The zero-order valence-corrected chi connectivity index (χ0v) is 15.3. The average Bonchev–Trinajstić information content (AvgIpc) is 2.93. The highest BCUT2D eigenvalue weighted by molar-refractivity contribution is 5.84. The molecule has 27 heavy (non-hydrogen) atoms. The largest absolute Gasteiger partial charge is 0.399 e. The van der Waals surface area contributed by atoms with E-state index in [0.717, 1.165) is 22.9 Å². The van der Waals surface area contributed by atoms with Gasteiger partial charge in [0.2, 0.25) is 5.91 Å². The smallest absolute Gasteiger partial charge is 0.329 e. The summed E-state index contributed by atoms with van der Waals surface area (Å²) in [5.41, 5.74) is 9.46. The number of aldehydes is 1. The lowest BCUT2D eigenvalue weighted by Crippen LogP contribution is -2.28. The van der Waals surface area contributed by atoms with Crippen LogP contribution < -0.4 is 16.7 Å². The van der Waals surface area contributed by atoms with Gasteiger partial charge in [-0.1, -0.05) is 18.2 Å². The number of aromatic nitrogens is 2.